The second-order valence-electron chi connectivity index (χ2n) is 23.1. The number of H-pyrrole nitrogens is 2. The van der Waals surface area contributed by atoms with E-state index in [9.17, 15) is 9.59 Å². The molecule has 4 aliphatic rings. The van der Waals surface area contributed by atoms with Crippen LogP contribution in [0.25, 0.3) is 21.8 Å². The molecule has 10 rings (SSSR count). The first-order valence-corrected chi connectivity index (χ1v) is 30.7. The van der Waals surface area contributed by atoms with E-state index < -0.39 is 0 Å². The number of likely N-dealkylation sites (tertiary alicyclic amines) is 1. The summed E-state index contributed by atoms with van der Waals surface area (Å²) in [4.78, 5) is 42.4. The molecule has 2 atom stereocenters. The standard InChI is InChI=1S/C33H44ClN3O3.C32H42ClN3O4/c1-24(2)23-40-33(38)37-20-16-28-29-22-26(34)12-15-30(29)35-31(28)32(37)25-10-13-27(14-11-25)39-21-9-4-3-6-17-36-18-7-5-8-19-36;1-23(2)22-40-32(37)36-15-13-27-28-21-25(33)9-12-29(28)34-30(27)31(36)24-7-10-26(11-8-24)39-18-6-4-3-5-14-35-16-19-38-20-17-35/h10-15,22,24,32,35H,3-9,16-21,23H2,1-2H3;7-12,21,23,31,34H,3-6,13-20,22H2,1-2H3. The molecule has 15 heteroatoms. The van der Waals surface area contributed by atoms with Crippen LogP contribution in [0.4, 0.5) is 9.59 Å². The number of ether oxygens (including phenoxy) is 5. The number of hydrogen-bond acceptors (Lipinski definition) is 9. The molecule has 4 aliphatic heterocycles. The monoisotopic (exact) mass is 1130 g/mol. The molecule has 0 spiro atoms. The number of hydrogen-bond donors (Lipinski definition) is 2. The van der Waals surface area contributed by atoms with Crippen LogP contribution in [0.5, 0.6) is 11.5 Å². The normalized spacial score (nSPS) is 17.8. The van der Waals surface area contributed by atoms with Gasteiger partial charge in [0.25, 0.3) is 0 Å². The highest BCUT2D eigenvalue weighted by Crippen LogP contribution is 2.42. The Morgan fingerprint density at radius 3 is 1.40 bits per heavy atom. The minimum atomic E-state index is -0.282. The van der Waals surface area contributed by atoms with E-state index in [2.05, 4.69) is 57.9 Å². The highest BCUT2D eigenvalue weighted by Gasteiger charge is 2.37. The fraction of sp³-hybridized carbons (Fsp3) is 0.538. The Balaban J connectivity index is 0.000000194. The van der Waals surface area contributed by atoms with Crippen molar-refractivity contribution in [1.29, 1.82) is 0 Å². The van der Waals surface area contributed by atoms with Crippen LogP contribution in [0.2, 0.25) is 10.0 Å². The zero-order valence-electron chi connectivity index (χ0n) is 47.9. The van der Waals surface area contributed by atoms with Crippen molar-refractivity contribution in [2.75, 3.05) is 92.0 Å². The van der Waals surface area contributed by atoms with Crippen molar-refractivity contribution in [2.24, 2.45) is 11.8 Å². The van der Waals surface area contributed by atoms with Gasteiger partial charge in [0.1, 0.15) is 23.6 Å². The zero-order valence-corrected chi connectivity index (χ0v) is 49.4. The first-order valence-electron chi connectivity index (χ1n) is 29.9. The molecule has 2 amide bonds. The van der Waals surface area contributed by atoms with Crippen molar-refractivity contribution in [2.45, 2.75) is 123 Å². The molecule has 0 radical (unpaired) electrons. The molecule has 0 aliphatic carbocycles. The van der Waals surface area contributed by atoms with Crippen LogP contribution >= 0.6 is 23.2 Å². The van der Waals surface area contributed by atoms with Gasteiger partial charge in [-0.2, -0.15) is 0 Å². The predicted octanol–water partition coefficient (Wildman–Crippen LogP) is 14.8. The quantitative estimate of drug-likeness (QED) is 0.0639. The second kappa shape index (κ2) is 29.5. The van der Waals surface area contributed by atoms with E-state index in [0.717, 1.165) is 114 Å². The molecule has 6 heterocycles. The molecular weight excluding hydrogens is 1050 g/mol. The van der Waals surface area contributed by atoms with Crippen LogP contribution in [-0.4, -0.2) is 134 Å². The van der Waals surface area contributed by atoms with Crippen LogP contribution < -0.4 is 9.47 Å². The summed E-state index contributed by atoms with van der Waals surface area (Å²) < 4.78 is 28.9. The van der Waals surface area contributed by atoms with Gasteiger partial charge in [-0.15, -0.1) is 0 Å². The van der Waals surface area contributed by atoms with E-state index >= 15 is 0 Å². The van der Waals surface area contributed by atoms with Crippen molar-refractivity contribution >= 4 is 57.2 Å². The third-order valence-electron chi connectivity index (χ3n) is 15.9. The summed E-state index contributed by atoms with van der Waals surface area (Å²) >= 11 is 12.7. The molecule has 0 bridgehead atoms. The number of carbonyl (C=O) groups excluding carboxylic acids is 2. The fourth-order valence-electron chi connectivity index (χ4n) is 11.7. The van der Waals surface area contributed by atoms with E-state index in [4.69, 9.17) is 46.9 Å². The highest BCUT2D eigenvalue weighted by atomic mass is 35.5. The summed E-state index contributed by atoms with van der Waals surface area (Å²) in [5, 5.41) is 3.67. The number of nitrogens with zero attached hydrogens (tertiary/aromatic N) is 4. The van der Waals surface area contributed by atoms with Gasteiger partial charge in [0.15, 0.2) is 0 Å². The van der Waals surface area contributed by atoms with E-state index in [-0.39, 0.29) is 36.1 Å². The molecule has 0 saturated carbocycles. The van der Waals surface area contributed by atoms with Crippen LogP contribution in [0.3, 0.4) is 0 Å². The van der Waals surface area contributed by atoms with Crippen LogP contribution in [0.15, 0.2) is 84.9 Å². The largest absolute Gasteiger partial charge is 0.494 e. The molecular formula is C65H86Cl2N6O7. The molecule has 2 unspecified atom stereocenters. The topological polar surface area (TPSA) is 125 Å². The Kier molecular flexibility index (Phi) is 21.8. The average molecular weight is 1130 g/mol. The SMILES string of the molecule is CC(C)COC(=O)N1CCc2c([nH]c3ccc(Cl)cc23)C1c1ccc(OCCCCCCN2CCCCC2)cc1.CC(C)COC(=O)N1CCc2c([nH]c3ccc(Cl)cc23)C1c1ccc(OCCCCCCN2CCOCC2)cc1. The number of rotatable bonds is 22. The van der Waals surface area contributed by atoms with E-state index in [1.165, 1.54) is 95.1 Å². The second-order valence-corrected chi connectivity index (χ2v) is 23.9. The number of halogens is 2. The number of fused-ring (bicyclic) bond motifs is 6. The number of aromatic amines is 2. The summed E-state index contributed by atoms with van der Waals surface area (Å²) in [7, 11) is 0. The van der Waals surface area contributed by atoms with Crippen LogP contribution in [-0.2, 0) is 27.1 Å². The fourth-order valence-corrected chi connectivity index (χ4v) is 12.1. The number of aromatic nitrogens is 2. The maximum Gasteiger partial charge on any atom is 0.410 e. The summed E-state index contributed by atoms with van der Waals surface area (Å²) in [6.07, 6.45) is 14.6. The molecule has 2 aromatic heterocycles. The van der Waals surface area contributed by atoms with Gasteiger partial charge in [-0.05, 0) is 172 Å². The summed E-state index contributed by atoms with van der Waals surface area (Å²) in [6, 6.07) is 27.7. The number of morpholine rings is 1. The van der Waals surface area contributed by atoms with Gasteiger partial charge >= 0.3 is 12.2 Å². The summed E-state index contributed by atoms with van der Waals surface area (Å²) in [6.45, 7) is 20.4. The third kappa shape index (κ3) is 16.0. The first-order chi connectivity index (χ1) is 39.0. The van der Waals surface area contributed by atoms with Crippen molar-refractivity contribution < 1.29 is 33.3 Å². The molecule has 6 aromatic rings. The number of amides is 2. The average Bonchev–Trinajstić information content (AvgIpc) is 4.19. The number of unbranched alkanes of at least 4 members (excludes halogenated alkanes) is 6. The highest BCUT2D eigenvalue weighted by molar-refractivity contribution is 6.31. The Labute approximate surface area is 484 Å². The Hall–Kier alpha value is -5.44. The number of carbonyl (C=O) groups is 2. The van der Waals surface area contributed by atoms with Crippen molar-refractivity contribution in [3.63, 3.8) is 0 Å². The molecule has 80 heavy (non-hydrogen) atoms. The smallest absolute Gasteiger partial charge is 0.410 e. The lowest BCUT2D eigenvalue weighted by Gasteiger charge is -2.35. The lowest BCUT2D eigenvalue weighted by atomic mass is 9.92. The summed E-state index contributed by atoms with van der Waals surface area (Å²) in [5.74, 6) is 2.28. The third-order valence-corrected chi connectivity index (χ3v) is 16.4. The molecule has 432 valence electrons. The number of nitrogens with one attached hydrogen (secondary N) is 2. The first kappa shape index (κ1) is 59.2. The minimum Gasteiger partial charge on any atom is -0.494 e. The predicted molar refractivity (Wildman–Crippen MR) is 322 cm³/mol. The van der Waals surface area contributed by atoms with Gasteiger partial charge in [0.05, 0.1) is 39.6 Å². The lowest BCUT2D eigenvalue weighted by molar-refractivity contribution is 0.0371. The number of piperidine rings is 1. The van der Waals surface area contributed by atoms with E-state index in [1.54, 1.807) is 0 Å². The number of benzene rings is 4. The van der Waals surface area contributed by atoms with Gasteiger partial charge < -0.3 is 38.6 Å². The molecule has 13 nitrogen and oxygen atoms in total. The van der Waals surface area contributed by atoms with Gasteiger partial charge in [-0.25, -0.2) is 9.59 Å². The Morgan fingerprint density at radius 2 is 0.963 bits per heavy atom. The zero-order chi connectivity index (χ0) is 55.8. The van der Waals surface area contributed by atoms with Gasteiger partial charge in [-0.1, -0.05) is 107 Å². The van der Waals surface area contributed by atoms with E-state index in [1.807, 2.05) is 84.3 Å². The maximum atomic E-state index is 13.2. The van der Waals surface area contributed by atoms with Crippen LogP contribution in [0, 0.1) is 11.8 Å². The van der Waals surface area contributed by atoms with Gasteiger partial charge in [0, 0.05) is 69.4 Å². The van der Waals surface area contributed by atoms with Crippen molar-refractivity contribution in [3.05, 3.63) is 129 Å². The van der Waals surface area contributed by atoms with Crippen LogP contribution in [0.1, 0.15) is 144 Å². The lowest BCUT2D eigenvalue weighted by Crippen LogP contribution is -2.41. The van der Waals surface area contributed by atoms with Gasteiger partial charge in [-0.3, -0.25) is 14.7 Å². The molecule has 2 fully saturated rings. The summed E-state index contributed by atoms with van der Waals surface area (Å²) in [5.41, 5.74) is 8.61. The van der Waals surface area contributed by atoms with Crippen molar-refractivity contribution in [1.82, 2.24) is 29.6 Å². The maximum absolute atomic E-state index is 13.2. The minimum absolute atomic E-state index is 0.261. The molecule has 2 N–H and O–H groups in total. The Bertz CT molecular complexity index is 2700. The van der Waals surface area contributed by atoms with Gasteiger partial charge in [0.2, 0.25) is 0 Å². The molecule has 4 aromatic carbocycles. The Morgan fingerprint density at radius 1 is 0.537 bits per heavy atom. The van der Waals surface area contributed by atoms with E-state index in [0.29, 0.717) is 43.0 Å². The van der Waals surface area contributed by atoms with Crippen molar-refractivity contribution in [3.8, 4) is 11.5 Å². The molecule has 2 saturated heterocycles.